The summed E-state index contributed by atoms with van der Waals surface area (Å²) < 4.78 is 0. The summed E-state index contributed by atoms with van der Waals surface area (Å²) in [5.74, 6) is -0.122. The minimum atomic E-state index is -0.455. The molecule has 2 aromatic heterocycles. The molecule has 6 nitrogen and oxygen atoms in total. The highest BCUT2D eigenvalue weighted by Crippen LogP contribution is 2.28. The summed E-state index contributed by atoms with van der Waals surface area (Å²) in [6.07, 6.45) is 2.43. The molecule has 1 aliphatic heterocycles. The number of nitrogens with zero attached hydrogens (tertiary/aromatic N) is 2. The molecule has 2 N–H and O–H groups in total. The van der Waals surface area contributed by atoms with Crippen LogP contribution in [0.2, 0.25) is 0 Å². The Morgan fingerprint density at radius 2 is 2.40 bits per heavy atom. The van der Waals surface area contributed by atoms with Crippen molar-refractivity contribution >= 4 is 27.5 Å². The third kappa shape index (κ3) is 2.12. The number of likely N-dealkylation sites (tertiary alicyclic amines) is 1. The second-order valence-electron chi connectivity index (χ2n) is 5.02. The number of hydrogen-bond acceptors (Lipinski definition) is 5. The molecule has 0 aliphatic carbocycles. The normalized spacial score (nSPS) is 19.5. The number of β-amino-alcohol motifs (C(OH)–C–C–N with tert-alkyl or cyclic N) is 1. The smallest absolute Gasteiger partial charge is 0.264 e. The molecule has 0 aromatic carbocycles. The Hall–Kier alpha value is -1.73. The minimum absolute atomic E-state index is 0.122. The number of aryl methyl sites for hydroxylation is 1. The van der Waals surface area contributed by atoms with Crippen LogP contribution in [0.25, 0.3) is 10.2 Å². The third-order valence-corrected chi connectivity index (χ3v) is 4.80. The van der Waals surface area contributed by atoms with Crippen LogP contribution in [-0.4, -0.2) is 45.1 Å². The number of aromatic nitrogens is 2. The van der Waals surface area contributed by atoms with Crippen molar-refractivity contribution in [2.24, 2.45) is 0 Å². The molecule has 1 aliphatic rings. The number of aromatic amines is 1. The molecule has 106 valence electrons. The molecule has 1 amide bonds. The van der Waals surface area contributed by atoms with E-state index >= 15 is 0 Å². The third-order valence-electron chi connectivity index (χ3n) is 3.61. The van der Waals surface area contributed by atoms with Gasteiger partial charge in [-0.05, 0) is 25.3 Å². The molecule has 0 saturated carbocycles. The first-order chi connectivity index (χ1) is 9.58. The number of aliphatic hydroxyl groups is 1. The van der Waals surface area contributed by atoms with Crippen molar-refractivity contribution in [3.8, 4) is 0 Å². The standard InChI is InChI=1S/C13H15N3O3S/c1-7-9-11(18)14-6-15-12(9)20-10(7)13(19)16-4-2-3-8(17)5-16/h6,8,17H,2-5H2,1H3,(H,14,15,18)/t8-/m0/s1. The Kier molecular flexibility index (Phi) is 3.31. The van der Waals surface area contributed by atoms with Crippen LogP contribution in [0.4, 0.5) is 0 Å². The van der Waals surface area contributed by atoms with Gasteiger partial charge in [-0.15, -0.1) is 11.3 Å². The Labute approximate surface area is 119 Å². The highest BCUT2D eigenvalue weighted by atomic mass is 32.1. The van der Waals surface area contributed by atoms with E-state index < -0.39 is 6.10 Å². The van der Waals surface area contributed by atoms with Crippen LogP contribution in [-0.2, 0) is 0 Å². The molecule has 3 rings (SSSR count). The number of hydrogen-bond donors (Lipinski definition) is 2. The number of H-pyrrole nitrogens is 1. The zero-order valence-electron chi connectivity index (χ0n) is 11.0. The van der Waals surface area contributed by atoms with Crippen molar-refractivity contribution in [1.82, 2.24) is 14.9 Å². The topological polar surface area (TPSA) is 86.3 Å². The lowest BCUT2D eigenvalue weighted by Crippen LogP contribution is -2.42. The number of aliphatic hydroxyl groups excluding tert-OH is 1. The number of amides is 1. The van der Waals surface area contributed by atoms with E-state index in [9.17, 15) is 14.7 Å². The molecule has 1 fully saturated rings. The fourth-order valence-corrected chi connectivity index (χ4v) is 3.68. The van der Waals surface area contributed by atoms with E-state index in [4.69, 9.17) is 0 Å². The average Bonchev–Trinajstić information content (AvgIpc) is 2.76. The van der Waals surface area contributed by atoms with Crippen LogP contribution in [0.5, 0.6) is 0 Å². The lowest BCUT2D eigenvalue weighted by Gasteiger charge is -2.29. The van der Waals surface area contributed by atoms with Crippen molar-refractivity contribution in [1.29, 1.82) is 0 Å². The number of carbonyl (C=O) groups is 1. The van der Waals surface area contributed by atoms with Crippen molar-refractivity contribution < 1.29 is 9.90 Å². The zero-order chi connectivity index (χ0) is 14.3. The summed E-state index contributed by atoms with van der Waals surface area (Å²) in [6.45, 7) is 2.77. The van der Waals surface area contributed by atoms with Gasteiger partial charge in [0, 0.05) is 13.1 Å². The predicted molar refractivity (Wildman–Crippen MR) is 76.1 cm³/mol. The summed E-state index contributed by atoms with van der Waals surface area (Å²) in [6, 6.07) is 0. The largest absolute Gasteiger partial charge is 0.391 e. The molecule has 0 spiro atoms. The average molecular weight is 293 g/mol. The molecule has 3 heterocycles. The molecular formula is C13H15N3O3S. The monoisotopic (exact) mass is 293 g/mol. The molecule has 0 bridgehead atoms. The van der Waals surface area contributed by atoms with Crippen molar-refractivity contribution in [2.45, 2.75) is 25.9 Å². The van der Waals surface area contributed by atoms with Crippen LogP contribution >= 0.6 is 11.3 Å². The SMILES string of the molecule is Cc1c(C(=O)N2CCC[C@H](O)C2)sc2nc[nH]c(=O)c12. The first-order valence-corrected chi connectivity index (χ1v) is 7.33. The molecule has 0 radical (unpaired) electrons. The van der Waals surface area contributed by atoms with Crippen molar-refractivity contribution in [2.75, 3.05) is 13.1 Å². The van der Waals surface area contributed by atoms with Crippen molar-refractivity contribution in [3.05, 3.63) is 27.1 Å². The number of nitrogens with one attached hydrogen (secondary N) is 1. The maximum atomic E-state index is 12.5. The minimum Gasteiger partial charge on any atom is -0.391 e. The maximum Gasteiger partial charge on any atom is 0.264 e. The van der Waals surface area contributed by atoms with E-state index in [2.05, 4.69) is 9.97 Å². The van der Waals surface area contributed by atoms with Gasteiger partial charge in [0.2, 0.25) is 0 Å². The number of rotatable bonds is 1. The highest BCUT2D eigenvalue weighted by molar-refractivity contribution is 7.20. The van der Waals surface area contributed by atoms with E-state index in [1.807, 2.05) is 0 Å². The maximum absolute atomic E-state index is 12.5. The molecule has 1 atom stereocenters. The van der Waals surface area contributed by atoms with Gasteiger partial charge in [0.25, 0.3) is 11.5 Å². The molecule has 20 heavy (non-hydrogen) atoms. The first kappa shape index (κ1) is 13.3. The Balaban J connectivity index is 2.02. The van der Waals surface area contributed by atoms with Crippen LogP contribution in [0.3, 0.4) is 0 Å². The van der Waals surface area contributed by atoms with E-state index in [1.165, 1.54) is 17.7 Å². The second-order valence-corrected chi connectivity index (χ2v) is 6.01. The molecule has 2 aromatic rings. The molecular weight excluding hydrogens is 278 g/mol. The number of thiophene rings is 1. The first-order valence-electron chi connectivity index (χ1n) is 6.52. The summed E-state index contributed by atoms with van der Waals surface area (Å²) in [5.41, 5.74) is 0.450. The predicted octanol–water partition coefficient (Wildman–Crippen LogP) is 0.890. The molecule has 7 heteroatoms. The van der Waals surface area contributed by atoms with Gasteiger partial charge >= 0.3 is 0 Å². The molecule has 1 saturated heterocycles. The van der Waals surface area contributed by atoms with Gasteiger partial charge in [-0.1, -0.05) is 0 Å². The van der Waals surface area contributed by atoms with Crippen LogP contribution in [0, 0.1) is 6.92 Å². The van der Waals surface area contributed by atoms with Gasteiger partial charge in [-0.3, -0.25) is 9.59 Å². The van der Waals surface area contributed by atoms with E-state index in [0.29, 0.717) is 33.7 Å². The fourth-order valence-electron chi connectivity index (χ4n) is 2.57. The van der Waals surface area contributed by atoms with E-state index in [0.717, 1.165) is 12.8 Å². The fraction of sp³-hybridized carbons (Fsp3) is 0.462. The van der Waals surface area contributed by atoms with Gasteiger partial charge in [0.15, 0.2) is 0 Å². The van der Waals surface area contributed by atoms with Crippen LogP contribution in [0.15, 0.2) is 11.1 Å². The number of piperidine rings is 1. The number of carbonyl (C=O) groups excluding carboxylic acids is 1. The van der Waals surface area contributed by atoms with Gasteiger partial charge in [0.1, 0.15) is 4.83 Å². The van der Waals surface area contributed by atoms with Gasteiger partial charge in [0.05, 0.1) is 22.7 Å². The van der Waals surface area contributed by atoms with Gasteiger partial charge < -0.3 is 15.0 Å². The zero-order valence-corrected chi connectivity index (χ0v) is 11.9. The van der Waals surface area contributed by atoms with E-state index in [1.54, 1.807) is 11.8 Å². The molecule has 0 unspecified atom stereocenters. The summed E-state index contributed by atoms with van der Waals surface area (Å²) in [5, 5.41) is 10.2. The highest BCUT2D eigenvalue weighted by Gasteiger charge is 2.26. The van der Waals surface area contributed by atoms with Crippen molar-refractivity contribution in [3.63, 3.8) is 0 Å². The Bertz CT molecular complexity index is 721. The lowest BCUT2D eigenvalue weighted by atomic mass is 10.1. The van der Waals surface area contributed by atoms with Gasteiger partial charge in [-0.25, -0.2) is 4.98 Å². The lowest BCUT2D eigenvalue weighted by molar-refractivity contribution is 0.0477. The Morgan fingerprint density at radius 3 is 3.10 bits per heavy atom. The summed E-state index contributed by atoms with van der Waals surface area (Å²) in [7, 11) is 0. The van der Waals surface area contributed by atoms with E-state index in [-0.39, 0.29) is 11.5 Å². The van der Waals surface area contributed by atoms with Crippen LogP contribution < -0.4 is 5.56 Å². The summed E-state index contributed by atoms with van der Waals surface area (Å²) >= 11 is 1.24. The second kappa shape index (κ2) is 4.99. The quantitative estimate of drug-likeness (QED) is 0.817. The number of fused-ring (bicyclic) bond motifs is 1. The summed E-state index contributed by atoms with van der Waals surface area (Å²) in [4.78, 5) is 33.7. The Morgan fingerprint density at radius 1 is 1.60 bits per heavy atom. The van der Waals surface area contributed by atoms with Gasteiger partial charge in [-0.2, -0.15) is 0 Å². The van der Waals surface area contributed by atoms with Crippen LogP contribution in [0.1, 0.15) is 28.1 Å².